The molecule has 2 aromatic rings. The number of likely N-dealkylation sites (N-methyl/N-ethyl adjacent to an activating group) is 1. The molecule has 164 valence electrons. The number of rotatable bonds is 9. The lowest BCUT2D eigenvalue weighted by molar-refractivity contribution is 0.0851. The number of nitrogens with zero attached hydrogens (tertiary/aromatic N) is 1. The molecule has 0 fully saturated rings. The van der Waals surface area contributed by atoms with Crippen LogP contribution in [0.5, 0.6) is 11.5 Å². The molecule has 0 heterocycles. The van der Waals surface area contributed by atoms with Crippen LogP contribution in [-0.4, -0.2) is 44.4 Å². The highest BCUT2D eigenvalue weighted by Gasteiger charge is 2.29. The SMILES string of the molecule is COc1cc2c(cc1OC)C(O)C(CCCN(C)CCc1ccc(Cl)c(Cl)c1)CC2. The van der Waals surface area contributed by atoms with Gasteiger partial charge < -0.3 is 19.5 Å². The number of hydrogen-bond donors (Lipinski definition) is 1. The van der Waals surface area contributed by atoms with Crippen molar-refractivity contribution < 1.29 is 14.6 Å². The summed E-state index contributed by atoms with van der Waals surface area (Å²) in [5, 5.41) is 12.1. The Balaban J connectivity index is 1.48. The number of ether oxygens (including phenoxy) is 2. The van der Waals surface area contributed by atoms with Crippen molar-refractivity contribution in [3.63, 3.8) is 0 Å². The fourth-order valence-electron chi connectivity index (χ4n) is 4.23. The second kappa shape index (κ2) is 10.7. The van der Waals surface area contributed by atoms with Gasteiger partial charge in [0.2, 0.25) is 0 Å². The standard InChI is InChI=1S/C24H31Cl2NO3/c1-27(12-10-16-6-9-20(25)21(26)13-16)11-4-5-17-7-8-18-14-22(29-2)23(30-3)15-19(18)24(17)28/h6,9,13-15,17,24,28H,4-5,7-8,10-12H2,1-3H3. The lowest BCUT2D eigenvalue weighted by Crippen LogP contribution is -2.25. The van der Waals surface area contributed by atoms with E-state index in [2.05, 4.69) is 11.9 Å². The monoisotopic (exact) mass is 451 g/mol. The molecule has 0 spiro atoms. The van der Waals surface area contributed by atoms with Crippen LogP contribution >= 0.6 is 23.2 Å². The molecular formula is C24H31Cl2NO3. The molecule has 0 radical (unpaired) electrons. The van der Waals surface area contributed by atoms with Gasteiger partial charge in [0.05, 0.1) is 30.4 Å². The molecule has 0 aliphatic heterocycles. The zero-order valence-electron chi connectivity index (χ0n) is 18.0. The Labute approximate surface area is 189 Å². The van der Waals surface area contributed by atoms with Crippen LogP contribution in [0.4, 0.5) is 0 Å². The predicted octanol–water partition coefficient (Wildman–Crippen LogP) is 5.56. The molecule has 2 atom stereocenters. The van der Waals surface area contributed by atoms with Crippen molar-refractivity contribution in [2.24, 2.45) is 5.92 Å². The molecule has 30 heavy (non-hydrogen) atoms. The normalized spacial score (nSPS) is 18.4. The summed E-state index contributed by atoms with van der Waals surface area (Å²) in [6.07, 6.45) is 4.51. The molecule has 0 amide bonds. The topological polar surface area (TPSA) is 41.9 Å². The van der Waals surface area contributed by atoms with Gasteiger partial charge in [-0.3, -0.25) is 0 Å². The average Bonchev–Trinajstić information content (AvgIpc) is 2.75. The number of aliphatic hydroxyl groups is 1. The fourth-order valence-corrected chi connectivity index (χ4v) is 4.55. The van der Waals surface area contributed by atoms with E-state index in [1.165, 1.54) is 5.56 Å². The van der Waals surface area contributed by atoms with Gasteiger partial charge in [-0.25, -0.2) is 0 Å². The van der Waals surface area contributed by atoms with E-state index >= 15 is 0 Å². The molecule has 4 nitrogen and oxygen atoms in total. The first-order valence-electron chi connectivity index (χ1n) is 10.5. The second-order valence-electron chi connectivity index (χ2n) is 8.09. The third-order valence-electron chi connectivity index (χ3n) is 6.08. The van der Waals surface area contributed by atoms with Gasteiger partial charge in [0.25, 0.3) is 0 Å². The number of benzene rings is 2. The largest absolute Gasteiger partial charge is 0.493 e. The summed E-state index contributed by atoms with van der Waals surface area (Å²) >= 11 is 12.1. The van der Waals surface area contributed by atoms with Gasteiger partial charge in [0.15, 0.2) is 11.5 Å². The predicted molar refractivity (Wildman–Crippen MR) is 123 cm³/mol. The van der Waals surface area contributed by atoms with Gasteiger partial charge in [-0.15, -0.1) is 0 Å². The van der Waals surface area contributed by atoms with Crippen LogP contribution in [0.15, 0.2) is 30.3 Å². The zero-order valence-corrected chi connectivity index (χ0v) is 19.5. The third-order valence-corrected chi connectivity index (χ3v) is 6.82. The van der Waals surface area contributed by atoms with Gasteiger partial charge >= 0.3 is 0 Å². The number of aryl methyl sites for hydroxylation is 1. The molecule has 0 saturated heterocycles. The molecule has 1 N–H and O–H groups in total. The Hall–Kier alpha value is -1.46. The highest BCUT2D eigenvalue weighted by molar-refractivity contribution is 6.42. The van der Waals surface area contributed by atoms with Crippen LogP contribution in [0.3, 0.4) is 0 Å². The first-order chi connectivity index (χ1) is 14.4. The van der Waals surface area contributed by atoms with Gasteiger partial charge in [-0.1, -0.05) is 29.3 Å². The van der Waals surface area contributed by atoms with E-state index in [1.807, 2.05) is 30.3 Å². The molecule has 2 aromatic carbocycles. The molecule has 1 aliphatic rings. The summed E-state index contributed by atoms with van der Waals surface area (Å²) in [6, 6.07) is 9.77. The van der Waals surface area contributed by atoms with E-state index < -0.39 is 6.10 Å². The maximum atomic E-state index is 10.9. The zero-order chi connectivity index (χ0) is 21.7. The quantitative estimate of drug-likeness (QED) is 0.541. The lowest BCUT2D eigenvalue weighted by Gasteiger charge is -2.31. The summed E-state index contributed by atoms with van der Waals surface area (Å²) < 4.78 is 10.8. The third kappa shape index (κ3) is 5.61. The molecule has 6 heteroatoms. The number of halogens is 2. The van der Waals surface area contributed by atoms with Crippen molar-refractivity contribution in [3.8, 4) is 11.5 Å². The Morgan fingerprint density at radius 1 is 1.03 bits per heavy atom. The van der Waals surface area contributed by atoms with Crippen LogP contribution in [0.1, 0.15) is 42.1 Å². The summed E-state index contributed by atoms with van der Waals surface area (Å²) in [6.45, 7) is 1.97. The van der Waals surface area contributed by atoms with E-state index in [1.54, 1.807) is 14.2 Å². The van der Waals surface area contributed by atoms with E-state index in [0.717, 1.165) is 62.1 Å². The van der Waals surface area contributed by atoms with E-state index in [4.69, 9.17) is 32.7 Å². The highest BCUT2D eigenvalue weighted by Crippen LogP contribution is 2.42. The van der Waals surface area contributed by atoms with Gasteiger partial charge in [0, 0.05) is 6.54 Å². The molecule has 0 saturated carbocycles. The Kier molecular flexibility index (Phi) is 8.29. The van der Waals surface area contributed by atoms with E-state index in [0.29, 0.717) is 15.8 Å². The fraction of sp³-hybridized carbons (Fsp3) is 0.500. The van der Waals surface area contributed by atoms with Crippen molar-refractivity contribution in [3.05, 3.63) is 57.1 Å². The Morgan fingerprint density at radius 3 is 2.47 bits per heavy atom. The highest BCUT2D eigenvalue weighted by atomic mass is 35.5. The van der Waals surface area contributed by atoms with E-state index in [9.17, 15) is 5.11 Å². The van der Waals surface area contributed by atoms with Crippen molar-refractivity contribution in [2.45, 2.75) is 38.2 Å². The molecular weight excluding hydrogens is 421 g/mol. The maximum absolute atomic E-state index is 10.9. The number of methoxy groups -OCH3 is 2. The summed E-state index contributed by atoms with van der Waals surface area (Å²) in [7, 11) is 5.41. The van der Waals surface area contributed by atoms with Gasteiger partial charge in [-0.05, 0) is 92.6 Å². The molecule has 1 aliphatic carbocycles. The van der Waals surface area contributed by atoms with Crippen molar-refractivity contribution in [1.29, 1.82) is 0 Å². The second-order valence-corrected chi connectivity index (χ2v) is 8.91. The van der Waals surface area contributed by atoms with Crippen LogP contribution in [0.25, 0.3) is 0 Å². The van der Waals surface area contributed by atoms with Crippen molar-refractivity contribution in [2.75, 3.05) is 34.4 Å². The first kappa shape index (κ1) is 23.2. The number of fused-ring (bicyclic) bond motifs is 1. The maximum Gasteiger partial charge on any atom is 0.161 e. The smallest absolute Gasteiger partial charge is 0.161 e. The minimum atomic E-state index is -0.449. The summed E-state index contributed by atoms with van der Waals surface area (Å²) in [5.74, 6) is 1.68. The minimum absolute atomic E-state index is 0.277. The lowest BCUT2D eigenvalue weighted by atomic mass is 9.79. The molecule has 3 rings (SSSR count). The summed E-state index contributed by atoms with van der Waals surface area (Å²) in [5.41, 5.74) is 3.34. The van der Waals surface area contributed by atoms with E-state index in [-0.39, 0.29) is 5.92 Å². The number of hydrogen-bond acceptors (Lipinski definition) is 4. The van der Waals surface area contributed by atoms with Crippen LogP contribution in [0, 0.1) is 5.92 Å². The van der Waals surface area contributed by atoms with Gasteiger partial charge in [0.1, 0.15) is 0 Å². The molecule has 2 unspecified atom stereocenters. The minimum Gasteiger partial charge on any atom is -0.493 e. The Morgan fingerprint density at radius 2 is 1.77 bits per heavy atom. The van der Waals surface area contributed by atoms with Crippen LogP contribution in [-0.2, 0) is 12.8 Å². The average molecular weight is 452 g/mol. The summed E-state index contributed by atoms with van der Waals surface area (Å²) in [4.78, 5) is 2.33. The first-order valence-corrected chi connectivity index (χ1v) is 11.2. The number of aliphatic hydroxyl groups excluding tert-OH is 1. The van der Waals surface area contributed by atoms with Crippen molar-refractivity contribution >= 4 is 23.2 Å². The van der Waals surface area contributed by atoms with Crippen molar-refractivity contribution in [1.82, 2.24) is 4.90 Å². The molecule has 0 aromatic heterocycles. The van der Waals surface area contributed by atoms with Crippen LogP contribution < -0.4 is 9.47 Å². The van der Waals surface area contributed by atoms with Gasteiger partial charge in [-0.2, -0.15) is 0 Å². The van der Waals surface area contributed by atoms with Crippen LogP contribution in [0.2, 0.25) is 10.0 Å². The Bertz CT molecular complexity index is 859. The molecule has 0 bridgehead atoms.